The maximum atomic E-state index is 13.0. The number of nitrogens with one attached hydrogen (secondary N) is 2. The van der Waals surface area contributed by atoms with Crippen LogP contribution >= 0.6 is 0 Å². The fraction of sp³-hybridized carbons (Fsp3) is 0.571. The van der Waals surface area contributed by atoms with Crippen LogP contribution in [0.4, 0.5) is 4.39 Å². The first kappa shape index (κ1) is 15.4. The number of rotatable bonds is 4. The third-order valence-electron chi connectivity index (χ3n) is 3.66. The second kappa shape index (κ2) is 6.20. The fourth-order valence-electron chi connectivity index (χ4n) is 2.60. The van der Waals surface area contributed by atoms with Crippen molar-refractivity contribution >= 4 is 10.0 Å². The standard InChI is InChI=1S/C14H21FN2O2S/c1-10-8-12(15)6-7-14(10)20(18,19)16-9-13-5-3-4-11(2)17-13/h6-8,11,13,16-17H,3-5,9H2,1-2H3. The molecule has 0 bridgehead atoms. The monoisotopic (exact) mass is 300 g/mol. The van der Waals surface area contributed by atoms with Gasteiger partial charge in [-0.05, 0) is 50.5 Å². The zero-order valence-electron chi connectivity index (χ0n) is 11.8. The van der Waals surface area contributed by atoms with Crippen molar-refractivity contribution in [2.75, 3.05) is 6.54 Å². The van der Waals surface area contributed by atoms with Crippen LogP contribution in [0.15, 0.2) is 23.1 Å². The van der Waals surface area contributed by atoms with Gasteiger partial charge >= 0.3 is 0 Å². The van der Waals surface area contributed by atoms with Crippen molar-refractivity contribution in [2.45, 2.75) is 50.1 Å². The van der Waals surface area contributed by atoms with Gasteiger partial charge in [0.2, 0.25) is 10.0 Å². The van der Waals surface area contributed by atoms with E-state index in [4.69, 9.17) is 0 Å². The maximum absolute atomic E-state index is 13.0. The molecule has 1 aromatic rings. The minimum Gasteiger partial charge on any atom is -0.310 e. The van der Waals surface area contributed by atoms with E-state index in [1.165, 1.54) is 18.2 Å². The van der Waals surface area contributed by atoms with Crippen molar-refractivity contribution < 1.29 is 12.8 Å². The van der Waals surface area contributed by atoms with Gasteiger partial charge in [0.1, 0.15) is 5.82 Å². The number of hydrogen-bond donors (Lipinski definition) is 2. The Hall–Kier alpha value is -0.980. The van der Waals surface area contributed by atoms with Crippen LogP contribution in [-0.4, -0.2) is 27.0 Å². The molecule has 0 saturated carbocycles. The maximum Gasteiger partial charge on any atom is 0.240 e. The van der Waals surface area contributed by atoms with Crippen molar-refractivity contribution in [3.8, 4) is 0 Å². The van der Waals surface area contributed by atoms with Crippen LogP contribution in [0.25, 0.3) is 0 Å². The summed E-state index contributed by atoms with van der Waals surface area (Å²) in [6.45, 7) is 4.06. The van der Waals surface area contributed by atoms with E-state index >= 15 is 0 Å². The average Bonchev–Trinajstić information content (AvgIpc) is 2.36. The van der Waals surface area contributed by atoms with Crippen LogP contribution in [0.1, 0.15) is 31.7 Å². The summed E-state index contributed by atoms with van der Waals surface area (Å²) in [5.41, 5.74) is 0.419. The molecular weight excluding hydrogens is 279 g/mol. The summed E-state index contributed by atoms with van der Waals surface area (Å²) in [6.07, 6.45) is 3.20. The highest BCUT2D eigenvalue weighted by Crippen LogP contribution is 2.17. The van der Waals surface area contributed by atoms with Gasteiger partial charge in [-0.25, -0.2) is 17.5 Å². The molecule has 4 nitrogen and oxygen atoms in total. The molecule has 0 radical (unpaired) electrons. The van der Waals surface area contributed by atoms with Crippen LogP contribution in [0.5, 0.6) is 0 Å². The van der Waals surface area contributed by atoms with E-state index in [2.05, 4.69) is 17.0 Å². The number of piperidine rings is 1. The number of aryl methyl sites for hydroxylation is 1. The number of sulfonamides is 1. The summed E-state index contributed by atoms with van der Waals surface area (Å²) < 4.78 is 40.1. The predicted octanol–water partition coefficient (Wildman–Crippen LogP) is 1.94. The van der Waals surface area contributed by atoms with Crippen molar-refractivity contribution in [2.24, 2.45) is 0 Å². The van der Waals surface area contributed by atoms with E-state index in [-0.39, 0.29) is 10.9 Å². The first-order valence-electron chi connectivity index (χ1n) is 6.90. The molecule has 6 heteroatoms. The summed E-state index contributed by atoms with van der Waals surface area (Å²) in [6, 6.07) is 4.29. The van der Waals surface area contributed by atoms with Gasteiger partial charge < -0.3 is 5.32 Å². The van der Waals surface area contributed by atoms with Crippen LogP contribution in [-0.2, 0) is 10.0 Å². The summed E-state index contributed by atoms with van der Waals surface area (Å²) in [5, 5.41) is 3.38. The highest BCUT2D eigenvalue weighted by Gasteiger charge is 2.22. The molecule has 1 fully saturated rings. The first-order valence-corrected chi connectivity index (χ1v) is 8.38. The molecule has 0 aromatic heterocycles. The van der Waals surface area contributed by atoms with Gasteiger partial charge in [0.15, 0.2) is 0 Å². The molecule has 0 aliphatic carbocycles. The topological polar surface area (TPSA) is 58.2 Å². The first-order chi connectivity index (χ1) is 9.38. The molecule has 2 atom stereocenters. The third kappa shape index (κ3) is 3.77. The summed E-state index contributed by atoms with van der Waals surface area (Å²) >= 11 is 0. The lowest BCUT2D eigenvalue weighted by molar-refractivity contribution is 0.334. The SMILES string of the molecule is Cc1cc(F)ccc1S(=O)(=O)NCC1CCCC(C)N1. The molecule has 0 spiro atoms. The normalized spacial score (nSPS) is 23.8. The van der Waals surface area contributed by atoms with E-state index in [1.54, 1.807) is 6.92 Å². The zero-order valence-corrected chi connectivity index (χ0v) is 12.6. The fourth-order valence-corrected chi connectivity index (χ4v) is 3.91. The van der Waals surface area contributed by atoms with Crippen LogP contribution < -0.4 is 10.0 Å². The largest absolute Gasteiger partial charge is 0.310 e. The van der Waals surface area contributed by atoms with Crippen molar-refractivity contribution in [1.82, 2.24) is 10.0 Å². The Labute approximate surface area is 119 Å². The van der Waals surface area contributed by atoms with Crippen molar-refractivity contribution in [3.05, 3.63) is 29.6 Å². The number of halogens is 1. The minimum atomic E-state index is -3.58. The molecule has 0 amide bonds. The van der Waals surface area contributed by atoms with Crippen LogP contribution in [0.2, 0.25) is 0 Å². The molecule has 2 N–H and O–H groups in total. The Kier molecular flexibility index (Phi) is 4.78. The van der Waals surface area contributed by atoms with E-state index in [1.807, 2.05) is 0 Å². The van der Waals surface area contributed by atoms with Gasteiger partial charge in [-0.1, -0.05) is 6.42 Å². The lowest BCUT2D eigenvalue weighted by Gasteiger charge is -2.28. The molecule has 1 aromatic carbocycles. The van der Waals surface area contributed by atoms with Crippen molar-refractivity contribution in [3.63, 3.8) is 0 Å². The summed E-state index contributed by atoms with van der Waals surface area (Å²) in [5.74, 6) is -0.427. The molecular formula is C14H21FN2O2S. The zero-order chi connectivity index (χ0) is 14.8. The van der Waals surface area contributed by atoms with E-state index in [0.717, 1.165) is 19.3 Å². The summed E-state index contributed by atoms with van der Waals surface area (Å²) in [7, 11) is -3.58. The Bertz CT molecular complexity index is 575. The third-order valence-corrected chi connectivity index (χ3v) is 5.24. The van der Waals surface area contributed by atoms with Gasteiger partial charge in [-0.15, -0.1) is 0 Å². The van der Waals surface area contributed by atoms with Gasteiger partial charge in [-0.2, -0.15) is 0 Å². The molecule has 2 rings (SSSR count). The quantitative estimate of drug-likeness (QED) is 0.893. The molecule has 1 heterocycles. The Morgan fingerprint density at radius 3 is 2.80 bits per heavy atom. The van der Waals surface area contributed by atoms with Crippen LogP contribution in [0, 0.1) is 12.7 Å². The van der Waals surface area contributed by atoms with Gasteiger partial charge in [-0.3, -0.25) is 0 Å². The number of hydrogen-bond acceptors (Lipinski definition) is 3. The molecule has 1 saturated heterocycles. The van der Waals surface area contributed by atoms with Crippen LogP contribution in [0.3, 0.4) is 0 Å². The predicted molar refractivity (Wildman–Crippen MR) is 76.6 cm³/mol. The lowest BCUT2D eigenvalue weighted by Crippen LogP contribution is -2.47. The molecule has 2 unspecified atom stereocenters. The van der Waals surface area contributed by atoms with Gasteiger partial charge in [0, 0.05) is 18.6 Å². The Balaban J connectivity index is 2.03. The van der Waals surface area contributed by atoms with E-state index in [9.17, 15) is 12.8 Å². The highest BCUT2D eigenvalue weighted by molar-refractivity contribution is 7.89. The second-order valence-corrected chi connectivity index (χ2v) is 7.19. The average molecular weight is 300 g/mol. The molecule has 112 valence electrons. The minimum absolute atomic E-state index is 0.141. The lowest BCUT2D eigenvalue weighted by atomic mass is 10.00. The molecule has 20 heavy (non-hydrogen) atoms. The van der Waals surface area contributed by atoms with E-state index in [0.29, 0.717) is 18.2 Å². The molecule has 1 aliphatic heterocycles. The molecule has 1 aliphatic rings. The number of benzene rings is 1. The highest BCUT2D eigenvalue weighted by atomic mass is 32.2. The second-order valence-electron chi connectivity index (χ2n) is 5.46. The Morgan fingerprint density at radius 2 is 2.15 bits per heavy atom. The van der Waals surface area contributed by atoms with Gasteiger partial charge in [0.05, 0.1) is 4.90 Å². The smallest absolute Gasteiger partial charge is 0.240 e. The summed E-state index contributed by atoms with van der Waals surface area (Å²) in [4.78, 5) is 0.141. The van der Waals surface area contributed by atoms with E-state index < -0.39 is 15.8 Å². The van der Waals surface area contributed by atoms with Crippen molar-refractivity contribution in [1.29, 1.82) is 0 Å². The van der Waals surface area contributed by atoms with Gasteiger partial charge in [0.25, 0.3) is 0 Å². The Morgan fingerprint density at radius 1 is 1.40 bits per heavy atom.